The van der Waals surface area contributed by atoms with Crippen LogP contribution in [0.4, 0.5) is 21.0 Å². The van der Waals surface area contributed by atoms with Crippen LogP contribution in [0, 0.1) is 13.8 Å². The first-order valence-electron chi connectivity index (χ1n) is 18.5. The highest BCUT2D eigenvalue weighted by Gasteiger charge is 2.20. The van der Waals surface area contributed by atoms with Crippen LogP contribution >= 0.6 is 23.2 Å². The third-order valence-electron chi connectivity index (χ3n) is 7.41. The molecule has 0 radical (unpaired) electrons. The number of anilines is 2. The van der Waals surface area contributed by atoms with E-state index in [4.69, 9.17) is 33.7 Å². The van der Waals surface area contributed by atoms with Crippen molar-refractivity contribution >= 4 is 58.6 Å². The van der Waals surface area contributed by atoms with Crippen molar-refractivity contribution in [2.45, 2.75) is 38.8 Å². The highest BCUT2D eigenvalue weighted by molar-refractivity contribution is 6.32. The van der Waals surface area contributed by atoms with Gasteiger partial charge in [-0.1, -0.05) is 114 Å². The lowest BCUT2D eigenvalue weighted by atomic mass is 10.1. The molecule has 2 unspecified atom stereocenters. The Balaban J connectivity index is 0.000000306. The van der Waals surface area contributed by atoms with Crippen LogP contribution in [-0.4, -0.2) is 73.9 Å². The van der Waals surface area contributed by atoms with Gasteiger partial charge in [0.1, 0.15) is 11.8 Å². The summed E-state index contributed by atoms with van der Waals surface area (Å²) in [6.45, 7) is 3.77. The number of carbonyl (C=O) groups is 4. The molecule has 0 bridgehead atoms. The van der Waals surface area contributed by atoms with Crippen LogP contribution in [0.15, 0.2) is 127 Å². The van der Waals surface area contributed by atoms with E-state index in [1.165, 1.54) is 0 Å². The Labute approximate surface area is 361 Å². The maximum Gasteiger partial charge on any atom is 0.431 e. The van der Waals surface area contributed by atoms with Crippen molar-refractivity contribution in [1.29, 1.82) is 0 Å². The van der Waals surface area contributed by atoms with E-state index in [2.05, 4.69) is 55.2 Å². The van der Waals surface area contributed by atoms with Crippen LogP contribution in [-0.2, 0) is 22.4 Å². The fourth-order valence-electron chi connectivity index (χ4n) is 4.41. The number of amides is 3. The SMILES string of the molecule is C[N+](C)(C)C.Cc1ccc(NNC(=O)NC(Cc2ccccc2)C(=O)O)cc1Cl.Cc1ccc(NNC(=O)Oc2ccccc2)cc1Cl.NC(Cc1ccccc1)C(=O)[O-]. The summed E-state index contributed by atoms with van der Waals surface area (Å²) in [6.07, 6.45) is -0.0775. The first-order chi connectivity index (χ1) is 28.3. The number of quaternary nitrogens is 1. The second kappa shape index (κ2) is 25.9. The molecule has 0 aliphatic carbocycles. The molecule has 60 heavy (non-hydrogen) atoms. The van der Waals surface area contributed by atoms with E-state index in [9.17, 15) is 29.4 Å². The number of rotatable bonds is 12. The lowest BCUT2D eigenvalue weighted by molar-refractivity contribution is -0.849. The summed E-state index contributed by atoms with van der Waals surface area (Å²) in [5, 5.41) is 23.1. The number of hydrogen-bond acceptors (Lipinski definition) is 9. The van der Waals surface area contributed by atoms with Crippen molar-refractivity contribution in [3.63, 3.8) is 0 Å². The summed E-state index contributed by atoms with van der Waals surface area (Å²) in [6, 6.07) is 35.2. The van der Waals surface area contributed by atoms with Gasteiger partial charge in [-0.15, -0.1) is 0 Å². The van der Waals surface area contributed by atoms with Crippen LogP contribution in [0.5, 0.6) is 5.75 Å². The number of carboxylic acid groups (broad SMARTS) is 2. The van der Waals surface area contributed by atoms with Crippen molar-refractivity contribution in [3.8, 4) is 5.75 Å². The minimum atomic E-state index is -1.21. The second-order valence-corrected chi connectivity index (χ2v) is 15.3. The number of aryl methyl sites for hydroxylation is 2. The van der Waals surface area contributed by atoms with Gasteiger partial charge in [-0.25, -0.2) is 19.8 Å². The van der Waals surface area contributed by atoms with Crippen molar-refractivity contribution in [3.05, 3.63) is 160 Å². The maximum atomic E-state index is 11.9. The fraction of sp³-hybridized carbons (Fsp3) is 0.227. The Morgan fingerprint density at radius 1 is 0.683 bits per heavy atom. The van der Waals surface area contributed by atoms with Crippen molar-refractivity contribution < 1.29 is 38.6 Å². The molecule has 0 aromatic heterocycles. The quantitative estimate of drug-likeness (QED) is 0.0546. The Morgan fingerprint density at radius 2 is 1.10 bits per heavy atom. The van der Waals surface area contributed by atoms with Gasteiger partial charge >= 0.3 is 18.1 Å². The van der Waals surface area contributed by atoms with E-state index < -0.39 is 36.1 Å². The van der Waals surface area contributed by atoms with Gasteiger partial charge < -0.3 is 35.3 Å². The van der Waals surface area contributed by atoms with Crippen LogP contribution < -0.4 is 42.6 Å². The summed E-state index contributed by atoms with van der Waals surface area (Å²) in [7, 11) is 8.50. The molecule has 0 aliphatic rings. The van der Waals surface area contributed by atoms with Crippen LogP contribution in [0.2, 0.25) is 10.0 Å². The maximum absolute atomic E-state index is 11.9. The molecular formula is C44H53Cl2N7O7. The zero-order valence-electron chi connectivity index (χ0n) is 34.4. The number of aliphatic carboxylic acids is 2. The normalized spacial score (nSPS) is 11.2. The van der Waals surface area contributed by atoms with E-state index in [1.54, 1.807) is 48.5 Å². The topological polar surface area (TPSA) is 207 Å². The molecule has 320 valence electrons. The zero-order chi connectivity index (χ0) is 44.7. The summed E-state index contributed by atoms with van der Waals surface area (Å²) in [5.41, 5.74) is 20.4. The molecule has 0 heterocycles. The van der Waals surface area contributed by atoms with E-state index in [-0.39, 0.29) is 6.42 Å². The number of halogens is 2. The summed E-state index contributed by atoms with van der Waals surface area (Å²) in [4.78, 5) is 45.0. The molecule has 5 rings (SSSR count). The van der Waals surface area contributed by atoms with Crippen molar-refractivity contribution in [2.24, 2.45) is 5.73 Å². The summed E-state index contributed by atoms with van der Waals surface area (Å²) < 4.78 is 6.04. The molecule has 14 nitrogen and oxygen atoms in total. The average molecular weight is 863 g/mol. The number of nitrogens with one attached hydrogen (secondary N) is 5. The zero-order valence-corrected chi connectivity index (χ0v) is 35.9. The standard InChI is InChI=1S/C17H18ClN3O3.C14H13ClN2O2.C9H11NO2.C4H12N/c1-11-7-8-13(10-14(11)18)20-21-17(24)19-15(16(22)23)9-12-5-3-2-4-6-12;1-10-7-8-11(9-13(10)15)16-17-14(18)19-12-5-3-2-4-6-12;10-8(9(11)12)6-7-4-2-1-3-5-7;1-5(2,3)4/h2-8,10,15,20H,9H2,1H3,(H,22,23)(H2,19,21,24);2-9,16H,1H3,(H,17,18);1-5,8H,6,10H2,(H,11,12);1-4H3/q;;;+1/p-1. The molecule has 0 fully saturated rings. The van der Waals surface area contributed by atoms with Crippen molar-refractivity contribution in [1.82, 2.24) is 16.2 Å². The minimum Gasteiger partial charge on any atom is -0.548 e. The van der Waals surface area contributed by atoms with Crippen LogP contribution in [0.25, 0.3) is 0 Å². The first-order valence-corrected chi connectivity index (χ1v) is 19.3. The van der Waals surface area contributed by atoms with E-state index in [0.717, 1.165) is 26.7 Å². The first kappa shape index (κ1) is 49.8. The lowest BCUT2D eigenvalue weighted by Crippen LogP contribution is -2.48. The Morgan fingerprint density at radius 3 is 1.52 bits per heavy atom. The second-order valence-electron chi connectivity index (χ2n) is 14.5. The van der Waals surface area contributed by atoms with Gasteiger partial charge in [0.15, 0.2) is 0 Å². The van der Waals surface area contributed by atoms with Gasteiger partial charge in [0.2, 0.25) is 0 Å². The number of urea groups is 1. The third-order valence-corrected chi connectivity index (χ3v) is 8.23. The molecule has 5 aromatic rings. The van der Waals surface area contributed by atoms with E-state index in [1.807, 2.05) is 92.7 Å². The number of nitrogens with two attached hydrogens (primary N) is 1. The van der Waals surface area contributed by atoms with Gasteiger partial charge in [-0.3, -0.25) is 16.3 Å². The average Bonchev–Trinajstić information content (AvgIpc) is 3.19. The minimum absolute atomic E-state index is 0.194. The van der Waals surface area contributed by atoms with E-state index >= 15 is 0 Å². The molecule has 3 amide bonds. The third kappa shape index (κ3) is 22.0. The number of hydrogen-bond donors (Lipinski definition) is 7. The number of hydrazine groups is 2. The van der Waals surface area contributed by atoms with Gasteiger partial charge in [0.05, 0.1) is 45.5 Å². The fourth-order valence-corrected chi connectivity index (χ4v) is 4.77. The van der Waals surface area contributed by atoms with Gasteiger partial charge in [0.25, 0.3) is 0 Å². The molecule has 16 heteroatoms. The Kier molecular flexibility index (Phi) is 21.5. The molecule has 0 saturated heterocycles. The number of carbonyl (C=O) groups excluding carboxylic acids is 3. The highest BCUT2D eigenvalue weighted by atomic mass is 35.5. The number of benzene rings is 5. The van der Waals surface area contributed by atoms with Crippen molar-refractivity contribution in [2.75, 3.05) is 39.0 Å². The lowest BCUT2D eigenvalue weighted by Gasteiger charge is -2.16. The predicted molar refractivity (Wildman–Crippen MR) is 236 cm³/mol. The monoisotopic (exact) mass is 861 g/mol. The van der Waals surface area contributed by atoms with Crippen LogP contribution in [0.1, 0.15) is 22.3 Å². The molecule has 5 aromatic carbocycles. The molecule has 8 N–H and O–H groups in total. The highest BCUT2D eigenvalue weighted by Crippen LogP contribution is 2.20. The number of para-hydroxylation sites is 1. The number of carboxylic acids is 2. The molecule has 2 atom stereocenters. The van der Waals surface area contributed by atoms with Crippen LogP contribution in [0.3, 0.4) is 0 Å². The summed E-state index contributed by atoms with van der Waals surface area (Å²) >= 11 is 12.0. The Bertz CT molecular complexity index is 2080. The number of ether oxygens (including phenoxy) is 1. The predicted octanol–water partition coefficient (Wildman–Crippen LogP) is 6.36. The molecular weight excluding hydrogens is 809 g/mol. The number of nitrogens with zero attached hydrogens (tertiary/aromatic N) is 1. The van der Waals surface area contributed by atoms with E-state index in [0.29, 0.717) is 33.6 Å². The van der Waals surface area contributed by atoms with Gasteiger partial charge in [-0.05, 0) is 78.9 Å². The smallest absolute Gasteiger partial charge is 0.431 e. The molecule has 0 spiro atoms. The van der Waals surface area contributed by atoms with Gasteiger partial charge in [0, 0.05) is 22.5 Å². The Hall–Kier alpha value is -6.32. The molecule has 0 aliphatic heterocycles. The summed E-state index contributed by atoms with van der Waals surface area (Å²) in [5.74, 6) is -1.84. The molecule has 0 saturated carbocycles. The van der Waals surface area contributed by atoms with Gasteiger partial charge in [-0.2, -0.15) is 0 Å². The largest absolute Gasteiger partial charge is 0.548 e.